The van der Waals surface area contributed by atoms with Crippen LogP contribution in [-0.4, -0.2) is 24.0 Å². The fourth-order valence-electron chi connectivity index (χ4n) is 2.32. The molecule has 0 radical (unpaired) electrons. The molecule has 0 fully saturated rings. The highest BCUT2D eigenvalue weighted by Crippen LogP contribution is 2.22. The van der Waals surface area contributed by atoms with Crippen molar-refractivity contribution in [1.29, 1.82) is 0 Å². The van der Waals surface area contributed by atoms with E-state index >= 15 is 0 Å². The van der Waals surface area contributed by atoms with E-state index in [1.807, 2.05) is 32.0 Å². The van der Waals surface area contributed by atoms with Crippen LogP contribution in [0.3, 0.4) is 0 Å². The summed E-state index contributed by atoms with van der Waals surface area (Å²) in [4.78, 5) is 24.3. The first-order chi connectivity index (χ1) is 12.7. The lowest BCUT2D eigenvalue weighted by molar-refractivity contribution is -0.138. The molecule has 6 nitrogen and oxygen atoms in total. The number of nitrogens with one attached hydrogen (secondary N) is 2. The van der Waals surface area contributed by atoms with E-state index in [1.165, 1.54) is 0 Å². The van der Waals surface area contributed by atoms with Gasteiger partial charge in [0.05, 0.1) is 0 Å². The Morgan fingerprint density at radius 1 is 1.00 bits per heavy atom. The summed E-state index contributed by atoms with van der Waals surface area (Å²) in [6, 6.07) is 12.4. The molecule has 144 valence electrons. The van der Waals surface area contributed by atoms with Crippen molar-refractivity contribution in [3.63, 3.8) is 0 Å². The lowest BCUT2D eigenvalue weighted by Gasteiger charge is -2.25. The summed E-state index contributed by atoms with van der Waals surface area (Å²) < 4.78 is 11.2. The molecule has 27 heavy (non-hydrogen) atoms. The van der Waals surface area contributed by atoms with Crippen LogP contribution < -0.4 is 20.3 Å². The summed E-state index contributed by atoms with van der Waals surface area (Å²) in [6.07, 6.45) is 0. The average molecular weight is 391 g/mol. The number of carbonyl (C=O) groups excluding carboxylic acids is 2. The quantitative estimate of drug-likeness (QED) is 0.741. The highest BCUT2D eigenvalue weighted by Gasteiger charge is 2.30. The summed E-state index contributed by atoms with van der Waals surface area (Å²) >= 11 is 5.83. The third-order valence-corrected chi connectivity index (χ3v) is 4.06. The second-order valence-corrected chi connectivity index (χ2v) is 7.01. The lowest BCUT2D eigenvalue weighted by Crippen LogP contribution is -2.53. The Labute approximate surface area is 163 Å². The first-order valence-corrected chi connectivity index (χ1v) is 8.80. The van der Waals surface area contributed by atoms with Gasteiger partial charge in [-0.25, -0.2) is 0 Å². The zero-order chi connectivity index (χ0) is 20.0. The van der Waals surface area contributed by atoms with Gasteiger partial charge in [0.1, 0.15) is 11.5 Å². The molecule has 0 bridgehead atoms. The number of hydrogen-bond donors (Lipinski definition) is 2. The number of aryl methyl sites for hydroxylation is 2. The molecule has 2 rings (SSSR count). The standard InChI is InChI=1S/C20H23ClN2O4/c1-13-6-5-7-14(2)18(13)26-12-17(24)22-23-19(25)20(3,4)27-16-10-8-15(21)9-11-16/h5-11H,12H2,1-4H3,(H,22,24)(H,23,25). The molecule has 0 aliphatic carbocycles. The fraction of sp³-hybridized carbons (Fsp3) is 0.300. The van der Waals surface area contributed by atoms with Gasteiger partial charge in [-0.2, -0.15) is 0 Å². The predicted molar refractivity (Wildman–Crippen MR) is 104 cm³/mol. The Balaban J connectivity index is 1.84. The molecule has 0 saturated heterocycles. The summed E-state index contributed by atoms with van der Waals surface area (Å²) in [5.74, 6) is 0.167. The molecule has 0 aliphatic heterocycles. The van der Waals surface area contributed by atoms with E-state index in [0.717, 1.165) is 11.1 Å². The van der Waals surface area contributed by atoms with Crippen LogP contribution in [0.5, 0.6) is 11.5 Å². The molecule has 0 atom stereocenters. The number of benzene rings is 2. The van der Waals surface area contributed by atoms with Crippen LogP contribution in [0, 0.1) is 13.8 Å². The second-order valence-electron chi connectivity index (χ2n) is 6.58. The van der Waals surface area contributed by atoms with Gasteiger partial charge in [-0.3, -0.25) is 20.4 Å². The van der Waals surface area contributed by atoms with Gasteiger partial charge in [0, 0.05) is 5.02 Å². The minimum Gasteiger partial charge on any atom is -0.483 e. The van der Waals surface area contributed by atoms with Crippen molar-refractivity contribution < 1.29 is 19.1 Å². The van der Waals surface area contributed by atoms with Gasteiger partial charge in [-0.05, 0) is 63.1 Å². The highest BCUT2D eigenvalue weighted by molar-refractivity contribution is 6.30. The van der Waals surface area contributed by atoms with Gasteiger partial charge in [0.25, 0.3) is 11.8 Å². The largest absolute Gasteiger partial charge is 0.483 e. The molecular formula is C20H23ClN2O4. The molecule has 0 saturated carbocycles. The number of carbonyl (C=O) groups is 2. The van der Waals surface area contributed by atoms with E-state index in [0.29, 0.717) is 16.5 Å². The maximum Gasteiger partial charge on any atom is 0.281 e. The van der Waals surface area contributed by atoms with Crippen molar-refractivity contribution in [2.45, 2.75) is 33.3 Å². The van der Waals surface area contributed by atoms with Gasteiger partial charge in [-0.1, -0.05) is 29.8 Å². The molecule has 0 aliphatic rings. The van der Waals surface area contributed by atoms with Crippen LogP contribution in [0.4, 0.5) is 0 Å². The summed E-state index contributed by atoms with van der Waals surface area (Å²) in [6.45, 7) is 6.77. The van der Waals surface area contributed by atoms with Crippen LogP contribution in [0.1, 0.15) is 25.0 Å². The maximum atomic E-state index is 12.3. The molecule has 2 amide bonds. The molecule has 0 unspecified atom stereocenters. The Hall–Kier alpha value is -2.73. The monoisotopic (exact) mass is 390 g/mol. The first-order valence-electron chi connectivity index (χ1n) is 8.42. The molecule has 7 heteroatoms. The van der Waals surface area contributed by atoms with Crippen LogP contribution >= 0.6 is 11.6 Å². The van der Waals surface area contributed by atoms with Crippen molar-refractivity contribution >= 4 is 23.4 Å². The Morgan fingerprint density at radius 3 is 2.19 bits per heavy atom. The van der Waals surface area contributed by atoms with Crippen molar-refractivity contribution in [2.24, 2.45) is 0 Å². The van der Waals surface area contributed by atoms with E-state index in [-0.39, 0.29) is 6.61 Å². The number of hydrogen-bond acceptors (Lipinski definition) is 4. The number of hydrazine groups is 1. The van der Waals surface area contributed by atoms with Crippen LogP contribution in [-0.2, 0) is 9.59 Å². The van der Waals surface area contributed by atoms with Crippen LogP contribution in [0.2, 0.25) is 5.02 Å². The molecule has 0 aromatic heterocycles. The van der Waals surface area contributed by atoms with Crippen LogP contribution in [0.15, 0.2) is 42.5 Å². The predicted octanol–water partition coefficient (Wildman–Crippen LogP) is 3.34. The Morgan fingerprint density at radius 2 is 1.59 bits per heavy atom. The lowest BCUT2D eigenvalue weighted by atomic mass is 10.1. The van der Waals surface area contributed by atoms with Gasteiger partial charge in [0.2, 0.25) is 0 Å². The van der Waals surface area contributed by atoms with Crippen molar-refractivity contribution in [2.75, 3.05) is 6.61 Å². The van der Waals surface area contributed by atoms with E-state index < -0.39 is 17.4 Å². The fourth-order valence-corrected chi connectivity index (χ4v) is 2.45. The second kappa shape index (κ2) is 8.77. The minimum atomic E-state index is -1.20. The molecule has 0 spiro atoms. The number of halogens is 1. The maximum absolute atomic E-state index is 12.3. The third-order valence-electron chi connectivity index (χ3n) is 3.81. The number of para-hydroxylation sites is 1. The van der Waals surface area contributed by atoms with Crippen molar-refractivity contribution in [3.05, 3.63) is 58.6 Å². The average Bonchev–Trinajstić information content (AvgIpc) is 2.61. The molecule has 2 aromatic rings. The van der Waals surface area contributed by atoms with Gasteiger partial charge in [0.15, 0.2) is 12.2 Å². The third kappa shape index (κ3) is 5.89. The molecular weight excluding hydrogens is 368 g/mol. The van der Waals surface area contributed by atoms with Crippen LogP contribution in [0.25, 0.3) is 0 Å². The van der Waals surface area contributed by atoms with E-state index in [1.54, 1.807) is 38.1 Å². The summed E-state index contributed by atoms with van der Waals surface area (Å²) in [7, 11) is 0. The summed E-state index contributed by atoms with van der Waals surface area (Å²) in [5.41, 5.74) is 5.35. The molecule has 0 heterocycles. The number of amides is 2. The minimum absolute atomic E-state index is 0.218. The van der Waals surface area contributed by atoms with Crippen molar-refractivity contribution in [1.82, 2.24) is 10.9 Å². The van der Waals surface area contributed by atoms with Gasteiger partial charge in [-0.15, -0.1) is 0 Å². The van der Waals surface area contributed by atoms with Crippen molar-refractivity contribution in [3.8, 4) is 11.5 Å². The van der Waals surface area contributed by atoms with Gasteiger partial charge >= 0.3 is 0 Å². The number of ether oxygens (including phenoxy) is 2. The normalized spacial score (nSPS) is 10.9. The Bertz CT molecular complexity index is 799. The molecule has 2 aromatic carbocycles. The van der Waals surface area contributed by atoms with E-state index in [2.05, 4.69) is 10.9 Å². The highest BCUT2D eigenvalue weighted by atomic mass is 35.5. The van der Waals surface area contributed by atoms with E-state index in [9.17, 15) is 9.59 Å². The first kappa shape index (κ1) is 20.6. The smallest absolute Gasteiger partial charge is 0.281 e. The zero-order valence-corrected chi connectivity index (χ0v) is 16.5. The van der Waals surface area contributed by atoms with E-state index in [4.69, 9.17) is 21.1 Å². The summed E-state index contributed by atoms with van der Waals surface area (Å²) in [5, 5.41) is 0.570. The number of rotatable bonds is 6. The topological polar surface area (TPSA) is 76.7 Å². The SMILES string of the molecule is Cc1cccc(C)c1OCC(=O)NNC(=O)C(C)(C)Oc1ccc(Cl)cc1. The Kier molecular flexibility index (Phi) is 6.69. The zero-order valence-electron chi connectivity index (χ0n) is 15.8. The molecule has 2 N–H and O–H groups in total. The van der Waals surface area contributed by atoms with Gasteiger partial charge < -0.3 is 9.47 Å².